The SMILES string of the molecule is CCc1cc([N+](=O)[O-])cc(S(N)(=O)=O)c1N. The topological polar surface area (TPSA) is 129 Å². The molecule has 8 heteroatoms. The Morgan fingerprint density at radius 2 is 2.00 bits per heavy atom. The summed E-state index contributed by atoms with van der Waals surface area (Å²) in [7, 11) is -4.05. The lowest BCUT2D eigenvalue weighted by Gasteiger charge is -2.07. The predicted molar refractivity (Wildman–Crippen MR) is 58.3 cm³/mol. The van der Waals surface area contributed by atoms with E-state index in [9.17, 15) is 18.5 Å². The summed E-state index contributed by atoms with van der Waals surface area (Å²) in [6, 6.07) is 2.10. The Balaban J connectivity index is 3.61. The van der Waals surface area contributed by atoms with Crippen LogP contribution in [0.1, 0.15) is 12.5 Å². The molecule has 0 amide bonds. The molecule has 4 N–H and O–H groups in total. The highest BCUT2D eigenvalue weighted by atomic mass is 32.2. The maximum atomic E-state index is 11.2. The average molecular weight is 245 g/mol. The Bertz CT molecular complexity index is 538. The lowest BCUT2D eigenvalue weighted by atomic mass is 10.1. The first-order valence-electron chi connectivity index (χ1n) is 4.37. The number of hydrogen-bond donors (Lipinski definition) is 2. The number of hydrogen-bond acceptors (Lipinski definition) is 5. The van der Waals surface area contributed by atoms with Crippen molar-refractivity contribution in [1.82, 2.24) is 0 Å². The molecule has 0 heterocycles. The van der Waals surface area contributed by atoms with Crippen molar-refractivity contribution < 1.29 is 13.3 Å². The lowest BCUT2D eigenvalue weighted by Crippen LogP contribution is -2.15. The number of rotatable bonds is 3. The van der Waals surface area contributed by atoms with Crippen LogP contribution in [0.4, 0.5) is 11.4 Å². The zero-order chi connectivity index (χ0) is 12.5. The number of anilines is 1. The normalized spacial score (nSPS) is 11.4. The zero-order valence-corrected chi connectivity index (χ0v) is 9.32. The molecule has 1 aromatic carbocycles. The number of benzene rings is 1. The van der Waals surface area contributed by atoms with Crippen molar-refractivity contribution in [3.05, 3.63) is 27.8 Å². The van der Waals surface area contributed by atoms with Crippen molar-refractivity contribution in [2.75, 3.05) is 5.73 Å². The van der Waals surface area contributed by atoms with E-state index >= 15 is 0 Å². The van der Waals surface area contributed by atoms with Crippen molar-refractivity contribution in [1.29, 1.82) is 0 Å². The van der Waals surface area contributed by atoms with Crippen LogP contribution in [0.15, 0.2) is 17.0 Å². The second kappa shape index (κ2) is 4.06. The molecule has 0 atom stereocenters. The number of non-ortho nitro benzene ring substituents is 1. The molecule has 0 unspecified atom stereocenters. The summed E-state index contributed by atoms with van der Waals surface area (Å²) in [5, 5.41) is 15.5. The van der Waals surface area contributed by atoms with Gasteiger partial charge in [-0.25, -0.2) is 13.6 Å². The summed E-state index contributed by atoms with van der Waals surface area (Å²) in [5.74, 6) is 0. The minimum Gasteiger partial charge on any atom is -0.397 e. The maximum Gasteiger partial charge on any atom is 0.271 e. The van der Waals surface area contributed by atoms with E-state index in [0.29, 0.717) is 12.0 Å². The Morgan fingerprint density at radius 1 is 1.44 bits per heavy atom. The third-order valence-electron chi connectivity index (χ3n) is 2.11. The molecule has 88 valence electrons. The van der Waals surface area contributed by atoms with Gasteiger partial charge < -0.3 is 5.73 Å². The fourth-order valence-electron chi connectivity index (χ4n) is 1.30. The Morgan fingerprint density at radius 3 is 2.38 bits per heavy atom. The highest BCUT2D eigenvalue weighted by Crippen LogP contribution is 2.27. The molecule has 0 spiro atoms. The number of sulfonamides is 1. The first-order valence-corrected chi connectivity index (χ1v) is 5.91. The summed E-state index contributed by atoms with van der Waals surface area (Å²) < 4.78 is 22.3. The summed E-state index contributed by atoms with van der Waals surface area (Å²) in [6.45, 7) is 1.71. The first-order chi connectivity index (χ1) is 7.27. The summed E-state index contributed by atoms with van der Waals surface area (Å²) in [6.07, 6.45) is 0.385. The molecule has 0 aliphatic rings. The first kappa shape index (κ1) is 12.4. The molecule has 1 rings (SSSR count). The van der Waals surface area contributed by atoms with E-state index in [1.54, 1.807) is 6.92 Å². The van der Waals surface area contributed by atoms with E-state index in [4.69, 9.17) is 10.9 Å². The Kier molecular flexibility index (Phi) is 3.15. The van der Waals surface area contributed by atoms with Crippen LogP contribution in [0.5, 0.6) is 0 Å². The van der Waals surface area contributed by atoms with Gasteiger partial charge in [-0.15, -0.1) is 0 Å². The zero-order valence-electron chi connectivity index (χ0n) is 8.50. The van der Waals surface area contributed by atoms with E-state index in [-0.39, 0.29) is 11.4 Å². The fourth-order valence-corrected chi connectivity index (χ4v) is 2.02. The van der Waals surface area contributed by atoms with E-state index in [0.717, 1.165) is 6.07 Å². The Labute approximate surface area is 92.3 Å². The van der Waals surface area contributed by atoms with Crippen molar-refractivity contribution in [2.45, 2.75) is 18.2 Å². The van der Waals surface area contributed by atoms with Crippen LogP contribution in [0.25, 0.3) is 0 Å². The monoisotopic (exact) mass is 245 g/mol. The molecule has 0 saturated heterocycles. The lowest BCUT2D eigenvalue weighted by molar-refractivity contribution is -0.385. The average Bonchev–Trinajstić information content (AvgIpc) is 2.15. The summed E-state index contributed by atoms with van der Waals surface area (Å²) >= 11 is 0. The van der Waals surface area contributed by atoms with Gasteiger partial charge in [0, 0.05) is 12.1 Å². The fraction of sp³-hybridized carbons (Fsp3) is 0.250. The predicted octanol–water partition coefficient (Wildman–Crippen LogP) is 0.387. The third-order valence-corrected chi connectivity index (χ3v) is 3.06. The smallest absolute Gasteiger partial charge is 0.271 e. The molecule has 0 radical (unpaired) electrons. The van der Waals surface area contributed by atoms with Gasteiger partial charge in [-0.2, -0.15) is 0 Å². The molecule has 0 saturated carbocycles. The minimum atomic E-state index is -4.05. The van der Waals surface area contributed by atoms with Gasteiger partial charge >= 0.3 is 0 Å². The molecule has 16 heavy (non-hydrogen) atoms. The Hall–Kier alpha value is -1.67. The summed E-state index contributed by atoms with van der Waals surface area (Å²) in [4.78, 5) is 9.50. The number of primary sulfonamides is 1. The van der Waals surface area contributed by atoms with Crippen LogP contribution in [-0.2, 0) is 16.4 Å². The number of nitro benzene ring substituents is 1. The highest BCUT2D eigenvalue weighted by molar-refractivity contribution is 7.89. The molecule has 0 bridgehead atoms. The second-order valence-corrected chi connectivity index (χ2v) is 4.70. The van der Waals surface area contributed by atoms with Crippen molar-refractivity contribution >= 4 is 21.4 Å². The van der Waals surface area contributed by atoms with Crippen LogP contribution in [-0.4, -0.2) is 13.3 Å². The molecule has 0 aliphatic carbocycles. The summed E-state index contributed by atoms with van der Waals surface area (Å²) in [5.41, 5.74) is 5.58. The van der Waals surface area contributed by atoms with Crippen LogP contribution in [0.3, 0.4) is 0 Å². The minimum absolute atomic E-state index is 0.0319. The number of nitrogens with zero attached hydrogens (tertiary/aromatic N) is 1. The van der Waals surface area contributed by atoms with E-state index < -0.39 is 19.8 Å². The maximum absolute atomic E-state index is 11.2. The van der Waals surface area contributed by atoms with Crippen molar-refractivity contribution in [2.24, 2.45) is 5.14 Å². The number of nitrogen functional groups attached to an aromatic ring is 1. The number of nitrogens with two attached hydrogens (primary N) is 2. The van der Waals surface area contributed by atoms with E-state index in [1.807, 2.05) is 0 Å². The number of nitro groups is 1. The molecular formula is C8H11N3O4S. The van der Waals surface area contributed by atoms with E-state index in [2.05, 4.69) is 0 Å². The van der Waals surface area contributed by atoms with Gasteiger partial charge in [0.15, 0.2) is 0 Å². The van der Waals surface area contributed by atoms with Crippen LogP contribution in [0, 0.1) is 10.1 Å². The molecule has 7 nitrogen and oxygen atoms in total. The molecule has 0 aliphatic heterocycles. The quantitative estimate of drug-likeness (QED) is 0.452. The van der Waals surface area contributed by atoms with Gasteiger partial charge in [0.05, 0.1) is 10.6 Å². The molecule has 1 aromatic rings. The van der Waals surface area contributed by atoms with Gasteiger partial charge in [0.2, 0.25) is 10.0 Å². The van der Waals surface area contributed by atoms with E-state index in [1.165, 1.54) is 6.07 Å². The van der Waals surface area contributed by atoms with Crippen molar-refractivity contribution in [3.8, 4) is 0 Å². The second-order valence-electron chi connectivity index (χ2n) is 3.17. The highest BCUT2D eigenvalue weighted by Gasteiger charge is 2.20. The van der Waals surface area contributed by atoms with Crippen LogP contribution >= 0.6 is 0 Å². The van der Waals surface area contributed by atoms with Gasteiger partial charge in [0.25, 0.3) is 5.69 Å². The molecule has 0 aromatic heterocycles. The largest absolute Gasteiger partial charge is 0.397 e. The van der Waals surface area contributed by atoms with Gasteiger partial charge in [-0.3, -0.25) is 10.1 Å². The van der Waals surface area contributed by atoms with Crippen molar-refractivity contribution in [3.63, 3.8) is 0 Å². The van der Waals surface area contributed by atoms with Crippen LogP contribution < -0.4 is 10.9 Å². The van der Waals surface area contributed by atoms with Gasteiger partial charge in [0.1, 0.15) is 4.90 Å². The number of aryl methyl sites for hydroxylation is 1. The third kappa shape index (κ3) is 2.28. The standard InChI is InChI=1S/C8H11N3O4S/c1-2-5-3-6(11(12)13)4-7(8(5)9)16(10,14)15/h3-4H,2,9H2,1H3,(H2,10,14,15). The molecule has 0 fully saturated rings. The van der Waals surface area contributed by atoms with Crippen LogP contribution in [0.2, 0.25) is 0 Å². The van der Waals surface area contributed by atoms with Gasteiger partial charge in [-0.05, 0) is 12.0 Å². The van der Waals surface area contributed by atoms with Gasteiger partial charge in [-0.1, -0.05) is 6.92 Å². The molecular weight excluding hydrogens is 234 g/mol.